The molecule has 2 nitrogen and oxygen atoms in total. The van der Waals surface area contributed by atoms with E-state index in [-0.39, 0.29) is 10.0 Å². The summed E-state index contributed by atoms with van der Waals surface area (Å²) in [6.07, 6.45) is 0. The molecule has 0 saturated heterocycles. The lowest BCUT2D eigenvalue weighted by Gasteiger charge is -2.09. The lowest BCUT2D eigenvalue weighted by Crippen LogP contribution is -2.13. The standard InChI is InChI=1S/C19H10BrCl2F2NO/c20-15-9-18(24)17(23)8-14(15)19(26)25-12-4-1-10(2-5-12)13-6-3-11(21)7-16(13)22/h1-9H,(H,25,26). The first-order chi connectivity index (χ1) is 12.3. The lowest BCUT2D eigenvalue weighted by molar-refractivity contribution is 0.102. The Kier molecular flexibility index (Phi) is 5.61. The number of hydrogen-bond acceptors (Lipinski definition) is 1. The fourth-order valence-electron chi connectivity index (χ4n) is 2.35. The Labute approximate surface area is 166 Å². The number of carbonyl (C=O) groups excluding carboxylic acids is 1. The van der Waals surface area contributed by atoms with Crippen molar-refractivity contribution in [3.05, 3.63) is 86.3 Å². The van der Waals surface area contributed by atoms with Crippen LogP contribution in [-0.2, 0) is 0 Å². The average molecular weight is 457 g/mol. The van der Waals surface area contributed by atoms with Crippen molar-refractivity contribution in [3.63, 3.8) is 0 Å². The predicted molar refractivity (Wildman–Crippen MR) is 104 cm³/mol. The lowest BCUT2D eigenvalue weighted by atomic mass is 10.1. The number of carbonyl (C=O) groups is 1. The van der Waals surface area contributed by atoms with E-state index >= 15 is 0 Å². The van der Waals surface area contributed by atoms with Crippen LogP contribution in [0.2, 0.25) is 10.0 Å². The van der Waals surface area contributed by atoms with Gasteiger partial charge in [-0.05, 0) is 57.9 Å². The molecule has 0 unspecified atom stereocenters. The Morgan fingerprint density at radius 1 is 0.923 bits per heavy atom. The molecule has 0 spiro atoms. The number of rotatable bonds is 3. The van der Waals surface area contributed by atoms with Gasteiger partial charge in [0.15, 0.2) is 11.6 Å². The van der Waals surface area contributed by atoms with Crippen LogP contribution in [0.15, 0.2) is 59.1 Å². The molecule has 26 heavy (non-hydrogen) atoms. The molecule has 0 bridgehead atoms. The summed E-state index contributed by atoms with van der Waals surface area (Å²) < 4.78 is 26.7. The molecule has 0 aliphatic rings. The minimum absolute atomic E-state index is 0.00581. The van der Waals surface area contributed by atoms with Crippen LogP contribution in [0.1, 0.15) is 10.4 Å². The summed E-state index contributed by atoms with van der Waals surface area (Å²) in [5.74, 6) is -2.68. The van der Waals surface area contributed by atoms with E-state index in [0.717, 1.165) is 23.3 Å². The SMILES string of the molecule is O=C(Nc1ccc(-c2ccc(Cl)cc2Cl)cc1)c1cc(F)c(F)cc1Br. The minimum atomic E-state index is -1.09. The Morgan fingerprint density at radius 3 is 2.23 bits per heavy atom. The van der Waals surface area contributed by atoms with Gasteiger partial charge in [0.1, 0.15) is 0 Å². The Morgan fingerprint density at radius 2 is 1.58 bits per heavy atom. The summed E-state index contributed by atoms with van der Waals surface area (Å²) in [6, 6.07) is 13.9. The van der Waals surface area contributed by atoms with Crippen molar-refractivity contribution in [2.75, 3.05) is 5.32 Å². The third kappa shape index (κ3) is 4.06. The molecule has 0 aromatic heterocycles. The molecular weight excluding hydrogens is 447 g/mol. The van der Waals surface area contributed by atoms with Crippen molar-refractivity contribution in [2.45, 2.75) is 0 Å². The van der Waals surface area contributed by atoms with E-state index in [1.807, 2.05) is 0 Å². The van der Waals surface area contributed by atoms with E-state index in [1.54, 1.807) is 42.5 Å². The van der Waals surface area contributed by atoms with Crippen molar-refractivity contribution in [2.24, 2.45) is 0 Å². The average Bonchev–Trinajstić information content (AvgIpc) is 2.59. The molecule has 1 N–H and O–H groups in total. The van der Waals surface area contributed by atoms with Gasteiger partial charge in [0, 0.05) is 25.8 Å². The summed E-state index contributed by atoms with van der Waals surface area (Å²) in [6.45, 7) is 0. The second kappa shape index (κ2) is 7.74. The van der Waals surface area contributed by atoms with Gasteiger partial charge in [-0.15, -0.1) is 0 Å². The highest BCUT2D eigenvalue weighted by Gasteiger charge is 2.15. The molecule has 132 valence electrons. The Balaban J connectivity index is 1.81. The summed E-state index contributed by atoms with van der Waals surface area (Å²) >= 11 is 15.1. The van der Waals surface area contributed by atoms with E-state index in [1.165, 1.54) is 0 Å². The topological polar surface area (TPSA) is 29.1 Å². The molecule has 0 saturated carbocycles. The first-order valence-electron chi connectivity index (χ1n) is 7.36. The summed E-state index contributed by atoms with van der Waals surface area (Å²) in [4.78, 5) is 12.3. The molecule has 0 aliphatic heterocycles. The highest BCUT2D eigenvalue weighted by molar-refractivity contribution is 9.10. The summed E-state index contributed by atoms with van der Waals surface area (Å²) in [5, 5.41) is 3.69. The second-order valence-electron chi connectivity index (χ2n) is 5.40. The monoisotopic (exact) mass is 455 g/mol. The zero-order chi connectivity index (χ0) is 18.8. The van der Waals surface area contributed by atoms with Crippen molar-refractivity contribution in [3.8, 4) is 11.1 Å². The van der Waals surface area contributed by atoms with Gasteiger partial charge in [0.05, 0.1) is 5.56 Å². The van der Waals surface area contributed by atoms with Crippen LogP contribution in [0.4, 0.5) is 14.5 Å². The zero-order valence-electron chi connectivity index (χ0n) is 13.0. The van der Waals surface area contributed by atoms with E-state index in [0.29, 0.717) is 15.7 Å². The van der Waals surface area contributed by atoms with E-state index in [2.05, 4.69) is 21.2 Å². The molecule has 3 aromatic rings. The van der Waals surface area contributed by atoms with Gasteiger partial charge in [-0.3, -0.25) is 4.79 Å². The maximum absolute atomic E-state index is 13.4. The van der Waals surface area contributed by atoms with E-state index in [9.17, 15) is 13.6 Å². The molecule has 0 fully saturated rings. The maximum atomic E-state index is 13.4. The predicted octanol–water partition coefficient (Wildman–Crippen LogP) is 6.95. The smallest absolute Gasteiger partial charge is 0.256 e. The van der Waals surface area contributed by atoms with Crippen LogP contribution in [0.5, 0.6) is 0 Å². The molecule has 0 radical (unpaired) electrons. The first kappa shape index (κ1) is 18.8. The second-order valence-corrected chi connectivity index (χ2v) is 7.10. The summed E-state index contributed by atoms with van der Waals surface area (Å²) in [5.41, 5.74) is 2.14. The number of amides is 1. The van der Waals surface area contributed by atoms with Gasteiger partial charge in [-0.25, -0.2) is 8.78 Å². The van der Waals surface area contributed by atoms with Gasteiger partial charge in [0.25, 0.3) is 5.91 Å². The van der Waals surface area contributed by atoms with Gasteiger partial charge in [-0.1, -0.05) is 41.4 Å². The molecule has 1 amide bonds. The molecule has 7 heteroatoms. The molecule has 0 atom stereocenters. The maximum Gasteiger partial charge on any atom is 0.256 e. The fourth-order valence-corrected chi connectivity index (χ4v) is 3.36. The van der Waals surface area contributed by atoms with Crippen LogP contribution >= 0.6 is 39.1 Å². The number of anilines is 1. The van der Waals surface area contributed by atoms with Crippen LogP contribution in [0, 0.1) is 11.6 Å². The third-order valence-corrected chi connectivity index (χ3v) is 4.84. The third-order valence-electron chi connectivity index (χ3n) is 3.64. The molecule has 0 heterocycles. The molecule has 0 aliphatic carbocycles. The van der Waals surface area contributed by atoms with Crippen molar-refractivity contribution >= 4 is 50.7 Å². The van der Waals surface area contributed by atoms with Gasteiger partial charge in [0.2, 0.25) is 0 Å². The molecule has 3 rings (SSSR count). The van der Waals surface area contributed by atoms with Crippen molar-refractivity contribution < 1.29 is 13.6 Å². The first-order valence-corrected chi connectivity index (χ1v) is 8.91. The number of benzene rings is 3. The number of nitrogens with one attached hydrogen (secondary N) is 1. The quantitative estimate of drug-likeness (QED) is 0.424. The fraction of sp³-hybridized carbons (Fsp3) is 0. The molecular formula is C19H10BrCl2F2NO. The zero-order valence-corrected chi connectivity index (χ0v) is 16.1. The van der Waals surface area contributed by atoms with Crippen molar-refractivity contribution in [1.29, 1.82) is 0 Å². The highest BCUT2D eigenvalue weighted by Crippen LogP contribution is 2.31. The Hall–Kier alpha value is -1.95. The van der Waals surface area contributed by atoms with E-state index in [4.69, 9.17) is 23.2 Å². The van der Waals surface area contributed by atoms with Crippen molar-refractivity contribution in [1.82, 2.24) is 0 Å². The van der Waals surface area contributed by atoms with Crippen LogP contribution in [0.3, 0.4) is 0 Å². The van der Waals surface area contributed by atoms with Crippen LogP contribution in [-0.4, -0.2) is 5.91 Å². The van der Waals surface area contributed by atoms with Crippen LogP contribution < -0.4 is 5.32 Å². The summed E-state index contributed by atoms with van der Waals surface area (Å²) in [7, 11) is 0. The molecule has 3 aromatic carbocycles. The van der Waals surface area contributed by atoms with Gasteiger partial charge in [-0.2, -0.15) is 0 Å². The Bertz CT molecular complexity index is 994. The number of hydrogen-bond donors (Lipinski definition) is 1. The minimum Gasteiger partial charge on any atom is -0.322 e. The van der Waals surface area contributed by atoms with Gasteiger partial charge >= 0.3 is 0 Å². The highest BCUT2D eigenvalue weighted by atomic mass is 79.9. The number of halogens is 5. The van der Waals surface area contributed by atoms with Crippen LogP contribution in [0.25, 0.3) is 11.1 Å². The normalized spacial score (nSPS) is 10.7. The van der Waals surface area contributed by atoms with Gasteiger partial charge < -0.3 is 5.32 Å². The van der Waals surface area contributed by atoms with E-state index < -0.39 is 17.5 Å². The largest absolute Gasteiger partial charge is 0.322 e.